The zero-order valence-corrected chi connectivity index (χ0v) is 20.6. The summed E-state index contributed by atoms with van der Waals surface area (Å²) >= 11 is 0. The van der Waals surface area contributed by atoms with Crippen molar-refractivity contribution >= 4 is 14.2 Å². The maximum atomic E-state index is 10.2. The molecule has 0 aliphatic rings. The van der Waals surface area contributed by atoms with E-state index in [0.717, 1.165) is 6.42 Å². The van der Waals surface area contributed by atoms with Gasteiger partial charge >= 0.3 is 0 Å². The van der Waals surface area contributed by atoms with Gasteiger partial charge in [0.1, 0.15) is 0 Å². The van der Waals surface area contributed by atoms with Crippen molar-refractivity contribution in [3.05, 3.63) is 116 Å². The maximum Gasteiger partial charge on any atom is 0 e. The smallest absolute Gasteiger partial charge is 0 e. The standard InChI is InChI=1S/C7H13O.3C6H5.B.Pr/c1-6(2)4-5-7(3)8;3*1-2-4-6-5-3-1;;/h6H,3-5H2,1-2H3;3*1-5H;;/q4*-1;;. The molecule has 0 fully saturated rings. The van der Waals surface area contributed by atoms with Crippen molar-refractivity contribution in [2.24, 2.45) is 5.92 Å². The van der Waals surface area contributed by atoms with Crippen LogP contribution in [-0.2, 0) is 4.79 Å². The first-order valence-corrected chi connectivity index (χ1v) is 8.71. The van der Waals surface area contributed by atoms with Gasteiger partial charge in [-0.2, -0.15) is 109 Å². The van der Waals surface area contributed by atoms with Gasteiger partial charge in [0.05, 0.1) is 0 Å². The summed E-state index contributed by atoms with van der Waals surface area (Å²) in [6.07, 6.45) is 1.61. The van der Waals surface area contributed by atoms with E-state index in [2.05, 4.69) is 39.0 Å². The van der Waals surface area contributed by atoms with Gasteiger partial charge < -0.3 is 11.7 Å². The van der Waals surface area contributed by atoms with Gasteiger partial charge in [0.25, 0.3) is 0 Å². The molecule has 4 radical (unpaired) electrons. The number of rotatable bonds is 3. The monoisotopic (exact) mass is 496 g/mol. The van der Waals surface area contributed by atoms with Gasteiger partial charge in [-0.05, 0) is 24.5 Å². The summed E-state index contributed by atoms with van der Waals surface area (Å²) in [5.74, 6) is 0.680. The topological polar surface area (TPSA) is 17.1 Å². The molecule has 0 aliphatic heterocycles. The van der Waals surface area contributed by atoms with Crippen LogP contribution in [0.4, 0.5) is 0 Å². The molecule has 0 aromatic heterocycles. The zero-order valence-electron chi connectivity index (χ0n) is 16.9. The van der Waals surface area contributed by atoms with Gasteiger partial charge in [0.15, 0.2) is 0 Å². The minimum atomic E-state index is 0. The van der Waals surface area contributed by atoms with E-state index in [1.165, 1.54) is 0 Å². The molecule has 0 saturated heterocycles. The Morgan fingerprint density at radius 2 is 1.00 bits per heavy atom. The third-order valence-electron chi connectivity index (χ3n) is 2.82. The quantitative estimate of drug-likeness (QED) is 0.326. The third-order valence-corrected chi connectivity index (χ3v) is 2.82. The van der Waals surface area contributed by atoms with Crippen molar-refractivity contribution in [2.75, 3.05) is 0 Å². The largest absolute Gasteiger partial charge is 0.339 e. The summed E-state index contributed by atoms with van der Waals surface area (Å²) in [5.41, 5.74) is 0. The average Bonchev–Trinajstić information content (AvgIpc) is 2.72. The van der Waals surface area contributed by atoms with Gasteiger partial charge in [0, 0.05) is 49.7 Å². The molecule has 3 rings (SSSR count). The normalized spacial score (nSPS) is 7.96. The number of hydrogen-bond acceptors (Lipinski definition) is 1. The molecule has 0 spiro atoms. The van der Waals surface area contributed by atoms with Gasteiger partial charge in [-0.3, -0.25) is 0 Å². The summed E-state index contributed by atoms with van der Waals surface area (Å²) in [5, 5.41) is 0. The molecule has 144 valence electrons. The Balaban J connectivity index is -0.000000292. The number of carbonyl (C=O) groups is 1. The molecule has 3 heteroatoms. The Morgan fingerprint density at radius 1 is 0.714 bits per heavy atom. The maximum absolute atomic E-state index is 10.2. The molecule has 0 aliphatic carbocycles. The van der Waals surface area contributed by atoms with Crippen LogP contribution >= 0.6 is 0 Å². The molecule has 0 atom stereocenters. The van der Waals surface area contributed by atoms with E-state index in [1.54, 1.807) is 0 Å². The predicted octanol–water partition coefficient (Wildman–Crippen LogP) is 5.91. The van der Waals surface area contributed by atoms with Crippen molar-refractivity contribution in [2.45, 2.75) is 26.7 Å². The van der Waals surface area contributed by atoms with Gasteiger partial charge in [-0.1, -0.05) is 13.8 Å². The van der Waals surface area contributed by atoms with E-state index in [0.29, 0.717) is 12.3 Å². The molecule has 0 heterocycles. The van der Waals surface area contributed by atoms with Crippen molar-refractivity contribution < 1.29 is 46.1 Å². The van der Waals surface area contributed by atoms with E-state index < -0.39 is 0 Å². The Kier molecular flexibility index (Phi) is 28.7. The van der Waals surface area contributed by atoms with Crippen LogP contribution in [0, 0.1) is 72.3 Å². The minimum Gasteiger partial charge on any atom is -0.339 e. The summed E-state index contributed by atoms with van der Waals surface area (Å²) in [6, 6.07) is 37.5. The molecule has 0 bridgehead atoms. The number of benzene rings is 3. The molecular formula is C25H28BOPr-4. The summed E-state index contributed by atoms with van der Waals surface area (Å²) in [6.45, 7) is 7.47. The number of Topliss-reactive ketones (excluding diaryl/α,β-unsaturated/α-hetero) is 1. The number of ketones is 1. The number of carbonyl (C=O) groups excluding carboxylic acids is 1. The third kappa shape index (κ3) is 29.4. The van der Waals surface area contributed by atoms with Crippen molar-refractivity contribution in [3.63, 3.8) is 0 Å². The van der Waals surface area contributed by atoms with Gasteiger partial charge in [0.2, 0.25) is 0 Å². The molecule has 3 aromatic carbocycles. The zero-order chi connectivity index (χ0) is 19.3. The fourth-order valence-corrected chi connectivity index (χ4v) is 1.48. The molecule has 3 aromatic rings. The minimum absolute atomic E-state index is 0. The summed E-state index contributed by atoms with van der Waals surface area (Å²) < 4.78 is 0. The van der Waals surface area contributed by atoms with E-state index in [1.807, 2.05) is 91.0 Å². The fourth-order valence-electron chi connectivity index (χ4n) is 1.48. The van der Waals surface area contributed by atoms with Crippen LogP contribution in [0.15, 0.2) is 91.0 Å². The molecule has 0 saturated carbocycles. The van der Waals surface area contributed by atoms with E-state index >= 15 is 0 Å². The van der Waals surface area contributed by atoms with Crippen LogP contribution in [0.3, 0.4) is 0 Å². The first-order chi connectivity index (χ1) is 12.6. The fraction of sp³-hybridized carbons (Fsp3) is 0.200. The van der Waals surface area contributed by atoms with Crippen LogP contribution in [0.2, 0.25) is 0 Å². The summed E-state index contributed by atoms with van der Waals surface area (Å²) in [4.78, 5) is 10.2. The van der Waals surface area contributed by atoms with Gasteiger partial charge in [-0.15, -0.1) is 0 Å². The van der Waals surface area contributed by atoms with Gasteiger partial charge in [-0.25, -0.2) is 0 Å². The predicted molar refractivity (Wildman–Crippen MR) is 116 cm³/mol. The summed E-state index contributed by atoms with van der Waals surface area (Å²) in [7, 11) is 0. The molecule has 0 amide bonds. The molecular weight excluding hydrogens is 468 g/mol. The van der Waals surface area contributed by atoms with E-state index in [4.69, 9.17) is 0 Å². The van der Waals surface area contributed by atoms with Crippen LogP contribution in [-0.4, -0.2) is 14.2 Å². The Labute approximate surface area is 207 Å². The first kappa shape index (κ1) is 31.3. The Hall–Kier alpha value is -1.37. The second-order valence-electron chi connectivity index (χ2n) is 5.70. The SMILES string of the molecule is [B].[CH2-]C(=O)CCC(C)C.[Pr].[c-]1ccccc1.[c-]1ccccc1.[c-]1ccccc1. The van der Waals surface area contributed by atoms with Crippen molar-refractivity contribution in [1.29, 1.82) is 0 Å². The number of hydrogen-bond donors (Lipinski definition) is 0. The van der Waals surface area contributed by atoms with E-state index in [9.17, 15) is 4.79 Å². The molecule has 0 N–H and O–H groups in total. The van der Waals surface area contributed by atoms with Crippen LogP contribution in [0.25, 0.3) is 0 Å². The second kappa shape index (κ2) is 25.6. The van der Waals surface area contributed by atoms with Crippen molar-refractivity contribution in [3.8, 4) is 0 Å². The molecule has 28 heavy (non-hydrogen) atoms. The Bertz CT molecular complexity index is 461. The van der Waals surface area contributed by atoms with Crippen LogP contribution in [0.5, 0.6) is 0 Å². The van der Waals surface area contributed by atoms with Crippen LogP contribution < -0.4 is 0 Å². The average molecular weight is 496 g/mol. The first-order valence-electron chi connectivity index (χ1n) is 8.71. The second-order valence-corrected chi connectivity index (χ2v) is 5.70. The molecule has 0 unspecified atom stereocenters. The van der Waals surface area contributed by atoms with Crippen LogP contribution in [0.1, 0.15) is 26.7 Å². The Morgan fingerprint density at radius 3 is 1.07 bits per heavy atom. The molecule has 1 nitrogen and oxygen atoms in total. The van der Waals surface area contributed by atoms with E-state index in [-0.39, 0.29) is 55.5 Å². The van der Waals surface area contributed by atoms with Crippen molar-refractivity contribution in [1.82, 2.24) is 0 Å².